The van der Waals surface area contributed by atoms with Crippen LogP contribution in [0.2, 0.25) is 0 Å². The molecule has 0 bridgehead atoms. The molecule has 2 heteroatoms. The first-order chi connectivity index (χ1) is 14.7. The predicted octanol–water partition coefficient (Wildman–Crippen LogP) is 8.51. The van der Waals surface area contributed by atoms with Crippen molar-refractivity contribution in [2.75, 3.05) is 0 Å². The second-order valence-corrected chi connectivity index (χ2v) is 9.93. The van der Waals surface area contributed by atoms with Crippen LogP contribution in [0.5, 0.6) is 0 Å². The van der Waals surface area contributed by atoms with Crippen molar-refractivity contribution in [1.29, 1.82) is 5.26 Å². The van der Waals surface area contributed by atoms with E-state index in [2.05, 4.69) is 19.1 Å². The molecule has 2 aliphatic rings. The summed E-state index contributed by atoms with van der Waals surface area (Å²) in [7, 11) is 0. The maximum Gasteiger partial charge on any atom is 0.148 e. The van der Waals surface area contributed by atoms with E-state index in [1.807, 2.05) is 18.2 Å². The van der Waals surface area contributed by atoms with Crippen molar-refractivity contribution < 1.29 is 4.39 Å². The number of fused-ring (bicyclic) bond motifs is 2. The van der Waals surface area contributed by atoms with Crippen LogP contribution >= 0.6 is 0 Å². The van der Waals surface area contributed by atoms with Crippen molar-refractivity contribution >= 4 is 10.8 Å². The number of unbranched alkanes of at least 4 members (excludes halogenated alkanes) is 4. The van der Waals surface area contributed by atoms with Crippen LogP contribution in [-0.2, 0) is 0 Å². The lowest BCUT2D eigenvalue weighted by Crippen LogP contribution is -2.30. The number of halogens is 1. The van der Waals surface area contributed by atoms with E-state index < -0.39 is 0 Å². The molecule has 0 aromatic heterocycles. The SMILES string of the molecule is CCCCCCC[C@@H]1CC[C@@H]2CC(c3ccc4c(F)c(C#N)ccc4c3)CCC2C1. The van der Waals surface area contributed by atoms with Crippen LogP contribution in [0, 0.1) is 34.9 Å². The number of nitriles is 1. The largest absolute Gasteiger partial charge is 0.205 e. The van der Waals surface area contributed by atoms with Crippen molar-refractivity contribution in [3.8, 4) is 6.07 Å². The Morgan fingerprint density at radius 1 is 0.933 bits per heavy atom. The van der Waals surface area contributed by atoms with E-state index in [1.54, 1.807) is 6.07 Å². The van der Waals surface area contributed by atoms with E-state index in [0.29, 0.717) is 11.3 Å². The number of benzene rings is 2. The summed E-state index contributed by atoms with van der Waals surface area (Å²) in [6, 6.07) is 11.6. The molecule has 2 aromatic rings. The van der Waals surface area contributed by atoms with E-state index in [9.17, 15) is 4.39 Å². The van der Waals surface area contributed by atoms with Crippen LogP contribution in [0.25, 0.3) is 10.8 Å². The van der Waals surface area contributed by atoms with Crippen LogP contribution in [0.15, 0.2) is 30.3 Å². The molecule has 0 N–H and O–H groups in total. The molecule has 2 aromatic carbocycles. The number of hydrogen-bond acceptors (Lipinski definition) is 1. The van der Waals surface area contributed by atoms with Gasteiger partial charge in [-0.25, -0.2) is 4.39 Å². The van der Waals surface area contributed by atoms with Crippen molar-refractivity contribution in [2.45, 2.75) is 89.9 Å². The van der Waals surface area contributed by atoms with Crippen LogP contribution < -0.4 is 0 Å². The molecule has 1 nitrogen and oxygen atoms in total. The molecule has 0 saturated heterocycles. The quantitative estimate of drug-likeness (QED) is 0.423. The van der Waals surface area contributed by atoms with E-state index in [4.69, 9.17) is 5.26 Å². The van der Waals surface area contributed by atoms with Gasteiger partial charge in [-0.3, -0.25) is 0 Å². The highest BCUT2D eigenvalue weighted by Gasteiger charge is 2.35. The van der Waals surface area contributed by atoms with Gasteiger partial charge in [-0.2, -0.15) is 5.26 Å². The van der Waals surface area contributed by atoms with Crippen LogP contribution in [-0.4, -0.2) is 0 Å². The van der Waals surface area contributed by atoms with E-state index in [1.165, 1.54) is 82.6 Å². The lowest BCUT2D eigenvalue weighted by Gasteiger charge is -2.42. The molecule has 2 saturated carbocycles. The Bertz CT molecular complexity index is 895. The van der Waals surface area contributed by atoms with E-state index >= 15 is 0 Å². The first-order valence-electron chi connectivity index (χ1n) is 12.3. The fourth-order valence-electron chi connectivity index (χ4n) is 6.24. The Morgan fingerprint density at radius 3 is 2.57 bits per heavy atom. The van der Waals surface area contributed by atoms with Crippen molar-refractivity contribution in [1.82, 2.24) is 0 Å². The number of nitrogens with zero attached hydrogens (tertiary/aromatic N) is 1. The highest BCUT2D eigenvalue weighted by molar-refractivity contribution is 5.85. The Kier molecular flexibility index (Phi) is 7.08. The molecule has 0 radical (unpaired) electrons. The Morgan fingerprint density at radius 2 is 1.73 bits per heavy atom. The summed E-state index contributed by atoms with van der Waals surface area (Å²) < 4.78 is 14.4. The molecule has 2 aliphatic carbocycles. The molecular weight excluding hydrogens is 369 g/mol. The molecule has 0 spiro atoms. The minimum Gasteiger partial charge on any atom is -0.205 e. The standard InChI is InChI=1S/C28H36FN/c1-2-3-4-5-6-7-20-8-9-22-17-23(11-10-21(22)16-20)24-14-15-27-25(18-24)12-13-26(19-30)28(27)29/h12-15,18,20-23H,2-11,16-17H2,1H3/t20-,21?,22-,23?/m1/s1. The Labute approximate surface area is 181 Å². The van der Waals surface area contributed by atoms with Gasteiger partial charge in [0.05, 0.1) is 5.56 Å². The van der Waals surface area contributed by atoms with Gasteiger partial charge in [-0.1, -0.05) is 76.1 Å². The Hall–Kier alpha value is -1.88. The molecular formula is C28H36FN. The summed E-state index contributed by atoms with van der Waals surface area (Å²) in [6.07, 6.45) is 16.7. The molecule has 2 unspecified atom stereocenters. The highest BCUT2D eigenvalue weighted by atomic mass is 19.1. The zero-order valence-corrected chi connectivity index (χ0v) is 18.5. The van der Waals surface area contributed by atoms with Gasteiger partial charge < -0.3 is 0 Å². The van der Waals surface area contributed by atoms with Crippen molar-refractivity contribution in [3.05, 3.63) is 47.3 Å². The lowest BCUT2D eigenvalue weighted by molar-refractivity contribution is 0.113. The summed E-state index contributed by atoms with van der Waals surface area (Å²) in [5.41, 5.74) is 1.50. The first-order valence-corrected chi connectivity index (χ1v) is 12.3. The van der Waals surface area contributed by atoms with Gasteiger partial charge in [-0.15, -0.1) is 0 Å². The average Bonchev–Trinajstić information content (AvgIpc) is 2.78. The summed E-state index contributed by atoms with van der Waals surface area (Å²) in [5.74, 6) is 3.03. The van der Waals surface area contributed by atoms with Gasteiger partial charge in [0.2, 0.25) is 0 Å². The molecule has 0 aliphatic heterocycles. The summed E-state index contributed by atoms with van der Waals surface area (Å²) in [5, 5.41) is 10.6. The summed E-state index contributed by atoms with van der Waals surface area (Å²) >= 11 is 0. The Balaban J connectivity index is 1.34. The second kappa shape index (κ2) is 9.95. The molecule has 4 atom stereocenters. The maximum atomic E-state index is 14.4. The third-order valence-corrected chi connectivity index (χ3v) is 8.01. The third-order valence-electron chi connectivity index (χ3n) is 8.01. The van der Waals surface area contributed by atoms with Crippen molar-refractivity contribution in [2.24, 2.45) is 17.8 Å². The third kappa shape index (κ3) is 4.72. The summed E-state index contributed by atoms with van der Waals surface area (Å²) in [6.45, 7) is 2.29. The van der Waals surface area contributed by atoms with E-state index in [0.717, 1.165) is 23.1 Å². The predicted molar refractivity (Wildman–Crippen MR) is 123 cm³/mol. The minimum atomic E-state index is -0.377. The maximum absolute atomic E-state index is 14.4. The van der Waals surface area contributed by atoms with Crippen LogP contribution in [0.3, 0.4) is 0 Å². The highest BCUT2D eigenvalue weighted by Crippen LogP contribution is 2.48. The van der Waals surface area contributed by atoms with Crippen molar-refractivity contribution in [3.63, 3.8) is 0 Å². The topological polar surface area (TPSA) is 23.8 Å². The van der Waals surface area contributed by atoms with Gasteiger partial charge >= 0.3 is 0 Å². The smallest absolute Gasteiger partial charge is 0.148 e. The fourth-order valence-corrected chi connectivity index (χ4v) is 6.24. The minimum absolute atomic E-state index is 0.137. The molecule has 0 heterocycles. The second-order valence-electron chi connectivity index (χ2n) is 9.93. The van der Waals surface area contributed by atoms with Gasteiger partial charge in [0.1, 0.15) is 11.9 Å². The van der Waals surface area contributed by atoms with Gasteiger partial charge in [0.25, 0.3) is 0 Å². The summed E-state index contributed by atoms with van der Waals surface area (Å²) in [4.78, 5) is 0. The zero-order chi connectivity index (χ0) is 20.9. The lowest BCUT2D eigenvalue weighted by atomic mass is 9.63. The van der Waals surface area contributed by atoms with Gasteiger partial charge in [0, 0.05) is 5.39 Å². The van der Waals surface area contributed by atoms with Crippen LogP contribution in [0.4, 0.5) is 4.39 Å². The molecule has 4 rings (SSSR count). The monoisotopic (exact) mass is 405 g/mol. The van der Waals surface area contributed by atoms with E-state index in [-0.39, 0.29) is 11.4 Å². The molecule has 30 heavy (non-hydrogen) atoms. The molecule has 160 valence electrons. The zero-order valence-electron chi connectivity index (χ0n) is 18.5. The fraction of sp³-hybridized carbons (Fsp3) is 0.607. The molecule has 2 fully saturated rings. The normalized spacial score (nSPS) is 26.3. The average molecular weight is 406 g/mol. The van der Waals surface area contributed by atoms with Crippen LogP contribution in [0.1, 0.15) is 101 Å². The first kappa shape index (κ1) is 21.4. The van der Waals surface area contributed by atoms with Gasteiger partial charge in [0.15, 0.2) is 0 Å². The van der Waals surface area contributed by atoms with Gasteiger partial charge in [-0.05, 0) is 72.8 Å². The number of hydrogen-bond donors (Lipinski definition) is 0. The molecule has 0 amide bonds. The number of rotatable bonds is 7.